The Hall–Kier alpha value is -1.34. The van der Waals surface area contributed by atoms with Crippen molar-refractivity contribution >= 4 is 39.2 Å². The molecule has 0 spiro atoms. The molecule has 0 atom stereocenters. The van der Waals surface area contributed by atoms with Crippen molar-refractivity contribution in [3.05, 3.63) is 28.7 Å². The summed E-state index contributed by atoms with van der Waals surface area (Å²) < 4.78 is 6.54. The van der Waals surface area contributed by atoms with E-state index in [2.05, 4.69) is 32.1 Å². The van der Waals surface area contributed by atoms with Gasteiger partial charge in [-0.05, 0) is 56.8 Å². The Balaban J connectivity index is 2.10. The highest BCUT2D eigenvalue weighted by molar-refractivity contribution is 9.10. The Morgan fingerprint density at radius 1 is 1.29 bits per heavy atom. The third kappa shape index (κ3) is 8.52. The lowest BCUT2D eigenvalue weighted by Crippen LogP contribution is -2.48. The van der Waals surface area contributed by atoms with E-state index in [1.165, 1.54) is 0 Å². The highest BCUT2D eigenvalue weighted by atomic mass is 79.9. The predicted octanol–water partition coefficient (Wildman–Crippen LogP) is 2.51. The van der Waals surface area contributed by atoms with Crippen LogP contribution in [0, 0.1) is 0 Å². The number of rotatable bonds is 6. The zero-order valence-electron chi connectivity index (χ0n) is 12.1. The normalized spacial score (nSPS) is 10.1. The Labute approximate surface area is 138 Å². The number of hydrogen-bond acceptors (Lipinski definition) is 3. The second kappa shape index (κ2) is 9.57. The highest BCUT2D eigenvalue weighted by Gasteiger charge is 2.03. The molecule has 0 fully saturated rings. The molecule has 0 radical (unpaired) electrons. The van der Waals surface area contributed by atoms with Gasteiger partial charge in [0.05, 0.1) is 6.61 Å². The summed E-state index contributed by atoms with van der Waals surface area (Å²) in [5.41, 5.74) is 5.19. The van der Waals surface area contributed by atoms with Gasteiger partial charge in [-0.1, -0.05) is 15.9 Å². The number of hydrazine groups is 1. The molecule has 1 aromatic carbocycles. The van der Waals surface area contributed by atoms with E-state index in [0.29, 0.717) is 24.6 Å². The molecule has 0 unspecified atom stereocenters. The van der Waals surface area contributed by atoms with Gasteiger partial charge in [-0.2, -0.15) is 0 Å². The molecule has 0 aliphatic rings. The van der Waals surface area contributed by atoms with Crippen LogP contribution < -0.4 is 20.9 Å². The van der Waals surface area contributed by atoms with Crippen LogP contribution in [-0.2, 0) is 4.79 Å². The van der Waals surface area contributed by atoms with Gasteiger partial charge in [0.1, 0.15) is 5.75 Å². The van der Waals surface area contributed by atoms with Crippen molar-refractivity contribution in [2.75, 3.05) is 6.61 Å². The van der Waals surface area contributed by atoms with E-state index in [1.807, 2.05) is 38.1 Å². The second-order valence-electron chi connectivity index (χ2n) is 4.71. The average molecular weight is 374 g/mol. The lowest BCUT2D eigenvalue weighted by Gasteiger charge is -2.13. The molecule has 1 amide bonds. The molecule has 21 heavy (non-hydrogen) atoms. The largest absolute Gasteiger partial charge is 0.494 e. The number of hydrogen-bond donors (Lipinski definition) is 3. The van der Waals surface area contributed by atoms with Gasteiger partial charge in [0.15, 0.2) is 5.11 Å². The Bertz CT molecular complexity index is 466. The van der Waals surface area contributed by atoms with Crippen LogP contribution >= 0.6 is 28.1 Å². The number of nitrogens with one attached hydrogen (secondary N) is 3. The van der Waals surface area contributed by atoms with Crippen LogP contribution in [0.5, 0.6) is 5.75 Å². The van der Waals surface area contributed by atoms with Crippen LogP contribution in [0.25, 0.3) is 0 Å². The van der Waals surface area contributed by atoms with E-state index in [4.69, 9.17) is 17.0 Å². The summed E-state index contributed by atoms with van der Waals surface area (Å²) >= 11 is 8.35. The number of thiocarbonyl (C=S) groups is 1. The summed E-state index contributed by atoms with van der Waals surface area (Å²) in [5.74, 6) is 0.668. The first kappa shape index (κ1) is 17.7. The smallest absolute Gasteiger partial charge is 0.238 e. The molecule has 116 valence electrons. The van der Waals surface area contributed by atoms with Gasteiger partial charge in [-0.25, -0.2) is 0 Å². The number of carbonyl (C=O) groups is 1. The highest BCUT2D eigenvalue weighted by Crippen LogP contribution is 2.16. The first-order valence-electron chi connectivity index (χ1n) is 6.71. The molecule has 0 aliphatic heterocycles. The van der Waals surface area contributed by atoms with Crippen LogP contribution in [0.15, 0.2) is 28.7 Å². The van der Waals surface area contributed by atoms with Crippen molar-refractivity contribution in [2.45, 2.75) is 32.7 Å². The zero-order valence-corrected chi connectivity index (χ0v) is 14.5. The summed E-state index contributed by atoms with van der Waals surface area (Å²) in [4.78, 5) is 11.6. The minimum absolute atomic E-state index is 0.123. The third-order valence-electron chi connectivity index (χ3n) is 2.37. The second-order valence-corrected chi connectivity index (χ2v) is 6.03. The van der Waals surface area contributed by atoms with Crippen molar-refractivity contribution in [2.24, 2.45) is 0 Å². The van der Waals surface area contributed by atoms with Crippen LogP contribution in [0.1, 0.15) is 26.7 Å². The van der Waals surface area contributed by atoms with Crippen molar-refractivity contribution in [1.82, 2.24) is 16.2 Å². The lowest BCUT2D eigenvalue weighted by molar-refractivity contribution is -0.121. The maximum Gasteiger partial charge on any atom is 0.238 e. The number of ether oxygens (including phenoxy) is 1. The standard InChI is InChI=1S/C14H20BrN3O2S/c1-10(2)16-14(21)18-17-13(19)4-3-9-20-12-7-5-11(15)6-8-12/h5-8,10H,3-4,9H2,1-2H3,(H,17,19)(H2,16,18,21). The van der Waals surface area contributed by atoms with Crippen LogP contribution in [0.4, 0.5) is 0 Å². The molecular weight excluding hydrogens is 354 g/mol. The van der Waals surface area contributed by atoms with E-state index in [9.17, 15) is 4.79 Å². The monoisotopic (exact) mass is 373 g/mol. The molecule has 0 heterocycles. The van der Waals surface area contributed by atoms with Crippen molar-refractivity contribution in [1.29, 1.82) is 0 Å². The van der Waals surface area contributed by atoms with Crippen LogP contribution in [-0.4, -0.2) is 23.7 Å². The van der Waals surface area contributed by atoms with Gasteiger partial charge in [-0.3, -0.25) is 15.6 Å². The molecule has 5 nitrogen and oxygen atoms in total. The van der Waals surface area contributed by atoms with Crippen molar-refractivity contribution < 1.29 is 9.53 Å². The molecule has 7 heteroatoms. The van der Waals surface area contributed by atoms with E-state index < -0.39 is 0 Å². The SMILES string of the molecule is CC(C)NC(=S)NNC(=O)CCCOc1ccc(Br)cc1. The van der Waals surface area contributed by atoms with Gasteiger partial charge < -0.3 is 10.1 Å². The van der Waals surface area contributed by atoms with E-state index in [-0.39, 0.29) is 11.9 Å². The van der Waals surface area contributed by atoms with Gasteiger partial charge in [0.25, 0.3) is 0 Å². The molecule has 1 rings (SSSR count). The van der Waals surface area contributed by atoms with Gasteiger partial charge >= 0.3 is 0 Å². The Morgan fingerprint density at radius 2 is 1.95 bits per heavy atom. The van der Waals surface area contributed by atoms with Gasteiger partial charge in [0, 0.05) is 16.9 Å². The fourth-order valence-corrected chi connectivity index (χ4v) is 1.99. The topological polar surface area (TPSA) is 62.4 Å². The quantitative estimate of drug-likeness (QED) is 0.406. The summed E-state index contributed by atoms with van der Waals surface area (Å²) in [5, 5.41) is 3.38. The third-order valence-corrected chi connectivity index (χ3v) is 3.11. The minimum Gasteiger partial charge on any atom is -0.494 e. The maximum absolute atomic E-state index is 11.6. The fraction of sp³-hybridized carbons (Fsp3) is 0.429. The Kier molecular flexibility index (Phi) is 8.07. The average Bonchev–Trinajstić information content (AvgIpc) is 2.42. The summed E-state index contributed by atoms with van der Waals surface area (Å²) in [7, 11) is 0. The Morgan fingerprint density at radius 3 is 2.57 bits per heavy atom. The number of amides is 1. The number of halogens is 1. The fourth-order valence-electron chi connectivity index (χ4n) is 1.44. The van der Waals surface area contributed by atoms with E-state index in [0.717, 1.165) is 10.2 Å². The number of carbonyl (C=O) groups excluding carboxylic acids is 1. The summed E-state index contributed by atoms with van der Waals surface area (Å²) in [6.45, 7) is 4.42. The van der Waals surface area contributed by atoms with Crippen molar-refractivity contribution in [3.8, 4) is 5.75 Å². The van der Waals surface area contributed by atoms with Crippen LogP contribution in [0.3, 0.4) is 0 Å². The maximum atomic E-state index is 11.6. The lowest BCUT2D eigenvalue weighted by atomic mass is 10.3. The van der Waals surface area contributed by atoms with E-state index in [1.54, 1.807) is 0 Å². The summed E-state index contributed by atoms with van der Waals surface area (Å²) in [6.07, 6.45) is 1.00. The van der Waals surface area contributed by atoms with Crippen molar-refractivity contribution in [3.63, 3.8) is 0 Å². The van der Waals surface area contributed by atoms with E-state index >= 15 is 0 Å². The van der Waals surface area contributed by atoms with Gasteiger partial charge in [0.2, 0.25) is 5.91 Å². The molecular formula is C14H20BrN3O2S. The molecule has 3 N–H and O–H groups in total. The number of benzene rings is 1. The molecule has 0 saturated heterocycles. The summed E-state index contributed by atoms with van der Waals surface area (Å²) in [6, 6.07) is 7.80. The molecule has 1 aromatic rings. The molecule has 0 saturated carbocycles. The van der Waals surface area contributed by atoms with Gasteiger partial charge in [-0.15, -0.1) is 0 Å². The predicted molar refractivity (Wildman–Crippen MR) is 91.0 cm³/mol. The molecule has 0 bridgehead atoms. The first-order valence-corrected chi connectivity index (χ1v) is 7.91. The first-order chi connectivity index (χ1) is 9.97. The minimum atomic E-state index is -0.123. The van der Waals surface area contributed by atoms with Crippen LogP contribution in [0.2, 0.25) is 0 Å². The zero-order chi connectivity index (χ0) is 15.7. The molecule has 0 aromatic heterocycles. The molecule has 0 aliphatic carbocycles.